The molecular weight excluding hydrogens is 495 g/mol. The number of hydrogen-bond acceptors (Lipinski definition) is 9. The molecule has 96 valence electrons. The van der Waals surface area contributed by atoms with Gasteiger partial charge in [-0.1, -0.05) is 33.7 Å². The zero-order valence-corrected chi connectivity index (χ0v) is 20.3. The fourth-order valence-corrected chi connectivity index (χ4v) is 0. The van der Waals surface area contributed by atoms with E-state index in [2.05, 4.69) is 33.7 Å². The van der Waals surface area contributed by atoms with Gasteiger partial charge in [0.1, 0.15) is 0 Å². The van der Waals surface area contributed by atoms with Crippen LogP contribution in [0.1, 0.15) is 0 Å². The van der Waals surface area contributed by atoms with E-state index < -0.39 is 20.8 Å². The van der Waals surface area contributed by atoms with Crippen molar-refractivity contribution in [3.05, 3.63) is 0 Å². The van der Waals surface area contributed by atoms with Gasteiger partial charge in [0.05, 0.1) is 0 Å². The molecule has 0 aliphatic carbocycles. The monoisotopic (exact) mass is 494 g/mol. The summed E-state index contributed by atoms with van der Waals surface area (Å²) >= 11 is 11.9. The molecule has 0 unspecified atom stereocenters. The van der Waals surface area contributed by atoms with Crippen LogP contribution in [0, 0.1) is 0 Å². The summed E-state index contributed by atoms with van der Waals surface area (Å²) in [7, 11) is 0. The largest absolute Gasteiger partial charge is 2.00 e. The molecular formula is CaCl3MgO9P3Sr. The summed E-state index contributed by atoms with van der Waals surface area (Å²) in [4.78, 5) is 53.2. The van der Waals surface area contributed by atoms with Gasteiger partial charge in [0, 0.05) is 20.8 Å². The fraction of sp³-hybridized carbons (Fsp3) is 0. The van der Waals surface area contributed by atoms with Gasteiger partial charge in [0.2, 0.25) is 0 Å². The molecule has 0 N–H and O–H groups in total. The second kappa shape index (κ2) is 18.2. The van der Waals surface area contributed by atoms with Gasteiger partial charge in [-0.15, -0.1) is 0 Å². The van der Waals surface area contributed by atoms with Gasteiger partial charge in [-0.3, -0.25) is 0 Å². The van der Waals surface area contributed by atoms with E-state index in [-0.39, 0.29) is 106 Å². The molecule has 0 aliphatic rings. The minimum Gasteiger partial charge on any atom is -0.799 e. The Labute approximate surface area is 200 Å². The normalized spacial score (nSPS) is 9.83. The molecule has 18 heavy (non-hydrogen) atoms. The quantitative estimate of drug-likeness (QED) is 0.238. The van der Waals surface area contributed by atoms with Gasteiger partial charge in [0.15, 0.2) is 0 Å². The first kappa shape index (κ1) is 38.4. The third-order valence-electron chi connectivity index (χ3n) is 0. The maximum atomic E-state index is 8.87. The first-order valence-corrected chi connectivity index (χ1v) is 9.49. The van der Waals surface area contributed by atoms with Crippen molar-refractivity contribution in [2.45, 2.75) is 0 Å². The van der Waals surface area contributed by atoms with E-state index in [1.54, 1.807) is 0 Å². The van der Waals surface area contributed by atoms with Crippen molar-refractivity contribution >= 4 is 161 Å². The van der Waals surface area contributed by atoms with Crippen molar-refractivity contribution in [3.8, 4) is 0 Å². The van der Waals surface area contributed by atoms with Gasteiger partial charge >= 0.3 is 106 Å². The summed E-state index contributed by atoms with van der Waals surface area (Å²) in [5.41, 5.74) is 0. The van der Waals surface area contributed by atoms with Crippen molar-refractivity contribution in [2.24, 2.45) is 0 Å². The Morgan fingerprint density at radius 1 is 0.611 bits per heavy atom. The smallest absolute Gasteiger partial charge is 0.799 e. The molecule has 0 bridgehead atoms. The van der Waals surface area contributed by atoms with Gasteiger partial charge < -0.3 is 43.1 Å². The van der Waals surface area contributed by atoms with Crippen molar-refractivity contribution in [1.29, 1.82) is 0 Å². The third kappa shape index (κ3) is 351. The molecule has 0 heterocycles. The zero-order valence-electron chi connectivity index (χ0n) is 8.27. The Morgan fingerprint density at radius 3 is 0.611 bits per heavy atom. The molecule has 0 atom stereocenters. The van der Waals surface area contributed by atoms with Crippen LogP contribution in [0.2, 0.25) is 0 Å². The standard InChI is InChI=1S/Ca.3ClH2O3P.Mg.Sr/c;3*1-5(2,3)4;;/h;3*(H2,2,3,4);;/q+2;;;;2*+2/p-6. The topological polar surface area (TPSA) is 190 Å². The molecule has 0 radical (unpaired) electrons. The van der Waals surface area contributed by atoms with E-state index in [4.69, 9.17) is 43.1 Å². The SMILES string of the molecule is O=P([O-])([O-])Cl.O=P([O-])([O-])Cl.O=P([O-])([O-])Cl.[Ca+2].[Mg+2].[Sr+2]. The molecule has 0 fully saturated rings. The van der Waals surface area contributed by atoms with E-state index in [1.807, 2.05) is 0 Å². The fourth-order valence-electron chi connectivity index (χ4n) is 0. The number of halogens is 3. The van der Waals surface area contributed by atoms with Crippen molar-refractivity contribution in [2.75, 3.05) is 0 Å². The molecule has 0 aromatic rings. The van der Waals surface area contributed by atoms with Crippen LogP contribution in [0.25, 0.3) is 0 Å². The van der Waals surface area contributed by atoms with E-state index in [0.29, 0.717) is 0 Å². The van der Waals surface area contributed by atoms with Gasteiger partial charge in [-0.2, -0.15) is 0 Å². The van der Waals surface area contributed by atoms with E-state index in [0.717, 1.165) is 0 Å². The average Bonchev–Trinajstić information content (AvgIpc) is 1.41. The maximum absolute atomic E-state index is 8.87. The van der Waals surface area contributed by atoms with Crippen LogP contribution < -0.4 is 29.4 Å². The second-order valence-electron chi connectivity index (χ2n) is 1.29. The van der Waals surface area contributed by atoms with Crippen LogP contribution >= 0.6 is 54.6 Å². The Kier molecular flexibility index (Phi) is 38.8. The minimum atomic E-state index is -4.67. The minimum absolute atomic E-state index is 0. The Balaban J connectivity index is -0.0000000277. The summed E-state index contributed by atoms with van der Waals surface area (Å²) in [5.74, 6) is 0. The van der Waals surface area contributed by atoms with Crippen LogP contribution in [-0.2, 0) is 13.7 Å². The van der Waals surface area contributed by atoms with Crippen molar-refractivity contribution in [1.82, 2.24) is 0 Å². The van der Waals surface area contributed by atoms with Crippen LogP contribution in [0.3, 0.4) is 0 Å². The molecule has 9 nitrogen and oxygen atoms in total. The maximum Gasteiger partial charge on any atom is 2.00 e. The Hall–Kier alpha value is 4.83. The molecule has 18 heteroatoms. The van der Waals surface area contributed by atoms with Crippen LogP contribution in [-0.4, -0.2) is 106 Å². The third-order valence-corrected chi connectivity index (χ3v) is 0. The van der Waals surface area contributed by atoms with Crippen LogP contribution in [0.4, 0.5) is 0 Å². The Morgan fingerprint density at radius 2 is 0.611 bits per heavy atom. The average molecular weight is 495 g/mol. The molecule has 0 saturated heterocycles. The predicted octanol–water partition coefficient (Wildman–Crippen LogP) is -3.98. The first-order chi connectivity index (χ1) is 6.00. The Bertz CT molecular complexity index is 223. The second-order valence-corrected chi connectivity index (χ2v) is 7.60. The molecule has 0 saturated carbocycles. The molecule has 0 spiro atoms. The van der Waals surface area contributed by atoms with Crippen molar-refractivity contribution in [3.63, 3.8) is 0 Å². The van der Waals surface area contributed by atoms with Crippen molar-refractivity contribution < 1.29 is 43.1 Å². The van der Waals surface area contributed by atoms with Crippen LogP contribution in [0.15, 0.2) is 0 Å². The summed E-state index contributed by atoms with van der Waals surface area (Å²) in [6.45, 7) is -14.0. The summed E-state index contributed by atoms with van der Waals surface area (Å²) in [5, 5.41) is 0. The first-order valence-electron chi connectivity index (χ1n) is 2.15. The summed E-state index contributed by atoms with van der Waals surface area (Å²) < 4.78 is 26.6. The molecule has 0 aromatic heterocycles. The predicted molar refractivity (Wildman–Crippen MR) is 57.6 cm³/mol. The summed E-state index contributed by atoms with van der Waals surface area (Å²) in [6.07, 6.45) is 0. The molecule has 0 aromatic carbocycles. The molecule has 0 rings (SSSR count). The molecule has 0 amide bonds. The van der Waals surface area contributed by atoms with Crippen LogP contribution in [0.5, 0.6) is 0 Å². The number of hydrogen-bond donors (Lipinski definition) is 0. The van der Waals surface area contributed by atoms with E-state index in [1.165, 1.54) is 0 Å². The summed E-state index contributed by atoms with van der Waals surface area (Å²) in [6, 6.07) is 0. The van der Waals surface area contributed by atoms with Gasteiger partial charge in [0.25, 0.3) is 0 Å². The van der Waals surface area contributed by atoms with Gasteiger partial charge in [-0.05, 0) is 0 Å². The zero-order chi connectivity index (χ0) is 13.5. The van der Waals surface area contributed by atoms with Gasteiger partial charge in [-0.25, -0.2) is 0 Å². The molecule has 0 aliphatic heterocycles. The van der Waals surface area contributed by atoms with E-state index >= 15 is 0 Å². The number of rotatable bonds is 0. The van der Waals surface area contributed by atoms with E-state index in [9.17, 15) is 0 Å².